The minimum absolute atomic E-state index is 0. The van der Waals surface area contributed by atoms with Gasteiger partial charge in [-0.2, -0.15) is 0 Å². The Morgan fingerprint density at radius 1 is 1.00 bits per heavy atom. The molecule has 0 aliphatic heterocycles. The highest BCUT2D eigenvalue weighted by Crippen LogP contribution is 2.35. The highest BCUT2D eigenvalue weighted by Gasteiger charge is 2.17. The van der Waals surface area contributed by atoms with E-state index in [9.17, 15) is 0 Å². The summed E-state index contributed by atoms with van der Waals surface area (Å²) in [4.78, 5) is 0. The summed E-state index contributed by atoms with van der Waals surface area (Å²) in [7, 11) is 0. The van der Waals surface area contributed by atoms with Gasteiger partial charge in [0.2, 0.25) is 0 Å². The van der Waals surface area contributed by atoms with Crippen LogP contribution in [0.15, 0.2) is 65.8 Å². The monoisotopic (exact) mass is 238 g/mol. The van der Waals surface area contributed by atoms with Gasteiger partial charge in [0, 0.05) is 5.92 Å². The molecule has 0 saturated heterocycles. The van der Waals surface area contributed by atoms with Crippen LogP contribution in [0.2, 0.25) is 0 Å². The van der Waals surface area contributed by atoms with Crippen molar-refractivity contribution in [1.82, 2.24) is 0 Å². The third kappa shape index (κ3) is 2.09. The van der Waals surface area contributed by atoms with Crippen molar-refractivity contribution >= 4 is 6.08 Å². The van der Waals surface area contributed by atoms with Crippen molar-refractivity contribution in [3.8, 4) is 0 Å². The number of rotatable bonds is 0. The molecule has 1 nitrogen and oxygen atoms in total. The lowest BCUT2D eigenvalue weighted by molar-refractivity contribution is 0.824. The number of hydrogen-bond acceptors (Lipinski definition) is 0. The molecule has 2 aliphatic rings. The largest absolute Gasteiger partial charge is 0.412 e. The topological polar surface area (TPSA) is 31.5 Å². The molecule has 0 spiro atoms. The lowest BCUT2D eigenvalue weighted by Gasteiger charge is -2.16. The molecular formula is C17H18O. The summed E-state index contributed by atoms with van der Waals surface area (Å²) in [6.07, 6.45) is 14.3. The Hall–Kier alpha value is -1.86. The van der Waals surface area contributed by atoms with Gasteiger partial charge in [0.15, 0.2) is 0 Å². The van der Waals surface area contributed by atoms with E-state index in [0.717, 1.165) is 6.42 Å². The van der Waals surface area contributed by atoms with Gasteiger partial charge in [-0.3, -0.25) is 0 Å². The Balaban J connectivity index is 0.00000120. The van der Waals surface area contributed by atoms with E-state index in [1.807, 2.05) is 0 Å². The molecule has 1 aromatic carbocycles. The molecule has 0 bridgehead atoms. The Kier molecular flexibility index (Phi) is 3.63. The number of hydrogen-bond donors (Lipinski definition) is 0. The third-order valence-corrected chi connectivity index (χ3v) is 3.62. The summed E-state index contributed by atoms with van der Waals surface area (Å²) in [5.41, 5.74) is 5.68. The zero-order valence-corrected chi connectivity index (χ0v) is 10.6. The van der Waals surface area contributed by atoms with Crippen LogP contribution in [0, 0.1) is 0 Å². The second kappa shape index (κ2) is 5.19. The first-order valence-electron chi connectivity index (χ1n) is 6.19. The average molecular weight is 238 g/mol. The zero-order valence-electron chi connectivity index (χ0n) is 10.6. The third-order valence-electron chi connectivity index (χ3n) is 3.62. The van der Waals surface area contributed by atoms with Crippen molar-refractivity contribution in [1.29, 1.82) is 0 Å². The summed E-state index contributed by atoms with van der Waals surface area (Å²) in [5, 5.41) is 0. The summed E-state index contributed by atoms with van der Waals surface area (Å²) >= 11 is 0. The highest BCUT2D eigenvalue weighted by molar-refractivity contribution is 5.64. The molecule has 0 radical (unpaired) electrons. The molecule has 18 heavy (non-hydrogen) atoms. The van der Waals surface area contributed by atoms with Crippen molar-refractivity contribution in [2.75, 3.05) is 0 Å². The fourth-order valence-electron chi connectivity index (χ4n) is 2.66. The van der Waals surface area contributed by atoms with E-state index >= 15 is 0 Å². The molecule has 0 fully saturated rings. The fourth-order valence-corrected chi connectivity index (χ4v) is 2.66. The van der Waals surface area contributed by atoms with E-state index in [1.165, 1.54) is 22.3 Å². The zero-order chi connectivity index (χ0) is 11.7. The van der Waals surface area contributed by atoms with Crippen molar-refractivity contribution < 1.29 is 5.48 Å². The summed E-state index contributed by atoms with van der Waals surface area (Å²) < 4.78 is 0. The minimum Gasteiger partial charge on any atom is -0.412 e. The minimum atomic E-state index is 0. The summed E-state index contributed by atoms with van der Waals surface area (Å²) in [6, 6.07) is 8.69. The molecule has 0 aromatic heterocycles. The average Bonchev–Trinajstić information content (AvgIpc) is 2.66. The lowest BCUT2D eigenvalue weighted by Crippen LogP contribution is -1.99. The number of allylic oxidation sites excluding steroid dienone is 7. The molecule has 1 heteroatoms. The fraction of sp³-hybridized carbons (Fsp3) is 0.176. The van der Waals surface area contributed by atoms with Gasteiger partial charge in [0.25, 0.3) is 0 Å². The standard InChI is InChI=1S/C17H16.H2O/c1-13-16-9-4-2-3-7-14(16)11-12-15-8-5-6-10-17(13)15;/h2-6,8-13H,7H2,1H3;1H2. The first-order chi connectivity index (χ1) is 8.36. The second-order valence-electron chi connectivity index (χ2n) is 4.66. The van der Waals surface area contributed by atoms with Crippen LogP contribution in [0.1, 0.15) is 30.4 Å². The molecule has 0 amide bonds. The molecular weight excluding hydrogens is 220 g/mol. The van der Waals surface area contributed by atoms with Crippen LogP contribution in [0.4, 0.5) is 0 Å². The maximum Gasteiger partial charge on any atom is 0.00697 e. The van der Waals surface area contributed by atoms with Gasteiger partial charge in [0.1, 0.15) is 0 Å². The van der Waals surface area contributed by atoms with Crippen LogP contribution in [0.25, 0.3) is 6.08 Å². The van der Waals surface area contributed by atoms with Crippen molar-refractivity contribution in [3.63, 3.8) is 0 Å². The molecule has 1 aromatic rings. The normalized spacial score (nSPS) is 20.6. The van der Waals surface area contributed by atoms with Gasteiger partial charge in [0.05, 0.1) is 0 Å². The van der Waals surface area contributed by atoms with Crippen LogP contribution in [0.5, 0.6) is 0 Å². The van der Waals surface area contributed by atoms with Crippen LogP contribution in [-0.2, 0) is 0 Å². The molecule has 0 saturated carbocycles. The smallest absolute Gasteiger partial charge is 0.00697 e. The maximum absolute atomic E-state index is 2.30. The van der Waals surface area contributed by atoms with Gasteiger partial charge in [-0.05, 0) is 28.7 Å². The van der Waals surface area contributed by atoms with E-state index in [0.29, 0.717) is 5.92 Å². The molecule has 92 valence electrons. The number of benzene rings is 1. The first kappa shape index (κ1) is 12.6. The summed E-state index contributed by atoms with van der Waals surface area (Å²) in [5.74, 6) is 0.479. The SMILES string of the molecule is CC1C2=C(C=Cc3ccccc31)CC=CC=C2.O. The van der Waals surface area contributed by atoms with Crippen LogP contribution >= 0.6 is 0 Å². The second-order valence-corrected chi connectivity index (χ2v) is 4.66. The highest BCUT2D eigenvalue weighted by atomic mass is 16.0. The molecule has 0 heterocycles. The van der Waals surface area contributed by atoms with Crippen molar-refractivity contribution in [3.05, 3.63) is 76.9 Å². The molecule has 2 aliphatic carbocycles. The predicted octanol–water partition coefficient (Wildman–Crippen LogP) is 3.80. The van der Waals surface area contributed by atoms with E-state index in [-0.39, 0.29) is 5.48 Å². The van der Waals surface area contributed by atoms with E-state index in [1.54, 1.807) is 0 Å². The van der Waals surface area contributed by atoms with Crippen molar-refractivity contribution in [2.45, 2.75) is 19.3 Å². The molecule has 2 N–H and O–H groups in total. The van der Waals surface area contributed by atoms with Gasteiger partial charge >= 0.3 is 0 Å². The van der Waals surface area contributed by atoms with Gasteiger partial charge in [-0.25, -0.2) is 0 Å². The van der Waals surface area contributed by atoms with Crippen LogP contribution in [-0.4, -0.2) is 5.48 Å². The molecule has 1 atom stereocenters. The van der Waals surface area contributed by atoms with Crippen LogP contribution < -0.4 is 0 Å². The van der Waals surface area contributed by atoms with E-state index in [2.05, 4.69) is 67.6 Å². The lowest BCUT2D eigenvalue weighted by atomic mass is 9.88. The van der Waals surface area contributed by atoms with E-state index in [4.69, 9.17) is 0 Å². The first-order valence-corrected chi connectivity index (χ1v) is 6.19. The van der Waals surface area contributed by atoms with Gasteiger partial charge < -0.3 is 5.48 Å². The van der Waals surface area contributed by atoms with Crippen molar-refractivity contribution in [2.24, 2.45) is 0 Å². The molecule has 3 rings (SSSR count). The summed E-state index contributed by atoms with van der Waals surface area (Å²) in [6.45, 7) is 2.30. The van der Waals surface area contributed by atoms with Gasteiger partial charge in [-0.15, -0.1) is 0 Å². The van der Waals surface area contributed by atoms with Crippen LogP contribution in [0.3, 0.4) is 0 Å². The van der Waals surface area contributed by atoms with Gasteiger partial charge in [-0.1, -0.05) is 67.6 Å². The Morgan fingerprint density at radius 3 is 2.72 bits per heavy atom. The quantitative estimate of drug-likeness (QED) is 0.658. The Bertz CT molecular complexity index is 559. The maximum atomic E-state index is 2.30. The predicted molar refractivity (Wildman–Crippen MR) is 77.4 cm³/mol. The number of fused-ring (bicyclic) bond motifs is 1. The Labute approximate surface area is 108 Å². The molecule has 1 unspecified atom stereocenters. The Morgan fingerprint density at radius 2 is 1.83 bits per heavy atom. The van der Waals surface area contributed by atoms with E-state index < -0.39 is 0 Å².